The van der Waals surface area contributed by atoms with Gasteiger partial charge in [-0.05, 0) is 173 Å². The molecule has 3 N–H and O–H groups in total. The number of hydrogen-bond donors (Lipinski definition) is 3. The van der Waals surface area contributed by atoms with Crippen LogP contribution in [0.25, 0.3) is 0 Å². The summed E-state index contributed by atoms with van der Waals surface area (Å²) in [5.41, 5.74) is 2.95. The number of rotatable bonds is 11. The summed E-state index contributed by atoms with van der Waals surface area (Å²) < 4.78 is 127. The third-order valence-corrected chi connectivity index (χ3v) is 19.6. The molecule has 4 aromatic rings. The van der Waals surface area contributed by atoms with Crippen molar-refractivity contribution in [2.24, 2.45) is 0 Å². The number of piperidine rings is 4. The van der Waals surface area contributed by atoms with Gasteiger partial charge in [0.05, 0.1) is 12.0 Å². The molecule has 5 aliphatic rings. The molecule has 1 unspecified atom stereocenters. The number of nitrogens with one attached hydrogen (secondary N) is 3. The minimum Gasteiger partial charge on any atom is -0.322 e. The maximum atomic E-state index is 13.0. The maximum Gasteiger partial charge on any atom is 0.322 e. The maximum absolute atomic E-state index is 13.0. The molecule has 9 rings (SSSR count). The number of hydrogen-bond acceptors (Lipinski definition) is 10. The summed E-state index contributed by atoms with van der Waals surface area (Å²) in [6, 6.07) is 25.3. The fourth-order valence-corrected chi connectivity index (χ4v) is 14.3. The number of carbonyl (C=O) groups excluding carboxylic acids is 3. The van der Waals surface area contributed by atoms with Gasteiger partial charge in [-0.1, -0.05) is 48.5 Å². The Morgan fingerprint density at radius 1 is 0.520 bits per heavy atom. The second-order valence-corrected chi connectivity index (χ2v) is 25.9. The third kappa shape index (κ3) is 17.5. The lowest BCUT2D eigenvalue weighted by atomic mass is 9.90. The molecule has 4 aromatic carbocycles. The molecule has 5 aliphatic heterocycles. The monoisotopic (exact) mass is 1100 g/mol. The van der Waals surface area contributed by atoms with E-state index in [1.165, 1.54) is 87.8 Å². The molecule has 15 nitrogen and oxygen atoms in total. The van der Waals surface area contributed by atoms with E-state index < -0.39 is 59.1 Å². The SMILES string of the molecule is CC(=O)CS(=O)(=O)N1CCC(c2ccc(F)cc2)CC1.CC1(CS(=O)(=O)N2CCC(c3ccc(F)cc3)CC2)NC(=O)NC1=O.CS(=O)(=O)N1CCC(c2ccc(F)cc2)CC1.Fc1ccc(C2CCNCC2)cc1. The Labute approximate surface area is 439 Å². The second-order valence-electron chi connectivity index (χ2n) is 20.0. The summed E-state index contributed by atoms with van der Waals surface area (Å²) in [4.78, 5) is 34.1. The largest absolute Gasteiger partial charge is 0.322 e. The van der Waals surface area contributed by atoms with E-state index >= 15 is 0 Å². The Morgan fingerprint density at radius 2 is 0.827 bits per heavy atom. The molecule has 5 heterocycles. The van der Waals surface area contributed by atoms with Crippen LogP contribution >= 0.6 is 0 Å². The van der Waals surface area contributed by atoms with E-state index in [1.807, 2.05) is 12.1 Å². The Bertz CT molecular complexity index is 2870. The zero-order chi connectivity index (χ0) is 54.6. The smallest absolute Gasteiger partial charge is 0.322 e. The number of Topliss-reactive ketones (excluding diaryl/α,β-unsaturated/α-hetero) is 1. The molecule has 3 amide bonds. The molecule has 0 aromatic heterocycles. The first-order chi connectivity index (χ1) is 35.4. The first kappa shape index (κ1) is 59.1. The number of nitrogens with zero attached hydrogens (tertiary/aromatic N) is 3. The molecule has 75 heavy (non-hydrogen) atoms. The molecule has 5 saturated heterocycles. The van der Waals surface area contributed by atoms with Gasteiger partial charge in [-0.2, -0.15) is 0 Å². The van der Waals surface area contributed by atoms with E-state index in [4.69, 9.17) is 0 Å². The van der Waals surface area contributed by atoms with Crippen LogP contribution in [0.4, 0.5) is 22.4 Å². The molecule has 0 spiro atoms. The Morgan fingerprint density at radius 3 is 1.12 bits per heavy atom. The molecule has 0 aliphatic carbocycles. The minimum absolute atomic E-state index is 0.141. The number of benzene rings is 4. The van der Waals surface area contributed by atoms with Gasteiger partial charge in [0.15, 0.2) is 0 Å². The van der Waals surface area contributed by atoms with Gasteiger partial charge in [0, 0.05) is 39.3 Å². The predicted octanol–water partition coefficient (Wildman–Crippen LogP) is 7.11. The van der Waals surface area contributed by atoms with Crippen LogP contribution in [-0.2, 0) is 39.7 Å². The standard InChI is InChI=1S/C16H20FN3O4S.C14H18FNO3S.C12H16FNO2S.C11H14FN/c1-16(14(21)18-15(22)19-16)10-25(23,24)20-8-6-12(7-9-20)11-2-4-13(17)5-3-11;1-11(17)10-20(18,19)16-8-6-13(7-9-16)12-2-4-14(15)5-3-12;1-17(15,16)14-8-6-11(7-9-14)10-2-4-12(13)5-3-10;12-11-3-1-9(2-4-11)10-5-7-13-8-6-10/h2-5,12H,6-10H2,1H3,(H2,18,19,21,22);2-5,13H,6-10H2,1H3;2-5,11H,6-9H2,1H3;1-4,10,13H,5-8H2. The van der Waals surface area contributed by atoms with Gasteiger partial charge in [-0.3, -0.25) is 14.9 Å². The molecular formula is C53H68F4N6O9S3. The number of urea groups is 1. The minimum atomic E-state index is -3.70. The van der Waals surface area contributed by atoms with Crippen LogP contribution in [-0.4, -0.2) is 132 Å². The molecule has 1 atom stereocenters. The zero-order valence-corrected chi connectivity index (χ0v) is 45.0. The van der Waals surface area contributed by atoms with Crippen molar-refractivity contribution in [1.29, 1.82) is 0 Å². The lowest BCUT2D eigenvalue weighted by Gasteiger charge is -2.33. The van der Waals surface area contributed by atoms with E-state index in [0.29, 0.717) is 76.8 Å². The number of amides is 3. The van der Waals surface area contributed by atoms with Crippen LogP contribution in [0.1, 0.15) is 111 Å². The first-order valence-electron chi connectivity index (χ1n) is 25.2. The first-order valence-corrected chi connectivity index (χ1v) is 30.2. The Hall–Kier alpha value is -5.10. The molecular weight excluding hydrogens is 1040 g/mol. The van der Waals surface area contributed by atoms with E-state index in [1.54, 1.807) is 48.5 Å². The van der Waals surface area contributed by atoms with Crippen LogP contribution < -0.4 is 16.0 Å². The van der Waals surface area contributed by atoms with Gasteiger partial charge < -0.3 is 10.6 Å². The van der Waals surface area contributed by atoms with Crippen molar-refractivity contribution in [2.45, 2.75) is 94.4 Å². The zero-order valence-electron chi connectivity index (χ0n) is 42.5. The molecule has 410 valence electrons. The van der Waals surface area contributed by atoms with E-state index in [0.717, 1.165) is 42.6 Å². The highest BCUT2D eigenvalue weighted by Gasteiger charge is 2.47. The van der Waals surface area contributed by atoms with Gasteiger partial charge >= 0.3 is 6.03 Å². The molecule has 0 radical (unpaired) electrons. The van der Waals surface area contributed by atoms with Crippen LogP contribution in [0, 0.1) is 23.3 Å². The van der Waals surface area contributed by atoms with E-state index in [9.17, 15) is 57.2 Å². The highest BCUT2D eigenvalue weighted by Crippen LogP contribution is 2.32. The summed E-state index contributed by atoms with van der Waals surface area (Å²) >= 11 is 0. The Balaban J connectivity index is 0.000000167. The lowest BCUT2D eigenvalue weighted by Crippen LogP contribution is -2.53. The topological polar surface area (TPSA) is 199 Å². The van der Waals surface area contributed by atoms with Crippen LogP contribution in [0.3, 0.4) is 0 Å². The number of carbonyl (C=O) groups is 3. The Kier molecular flexibility index (Phi) is 20.7. The van der Waals surface area contributed by atoms with Crippen molar-refractivity contribution in [3.8, 4) is 0 Å². The average molecular weight is 1110 g/mol. The summed E-state index contributed by atoms with van der Waals surface area (Å²) in [5, 5.41) is 7.76. The van der Waals surface area contributed by atoms with Crippen molar-refractivity contribution in [3.63, 3.8) is 0 Å². The predicted molar refractivity (Wildman–Crippen MR) is 279 cm³/mol. The second kappa shape index (κ2) is 26.3. The summed E-state index contributed by atoms with van der Waals surface area (Å²) in [5.74, 6) is -1.42. The highest BCUT2D eigenvalue weighted by atomic mass is 32.2. The highest BCUT2D eigenvalue weighted by molar-refractivity contribution is 7.90. The normalized spacial score (nSPS) is 21.1. The number of imide groups is 1. The van der Waals surface area contributed by atoms with E-state index in [-0.39, 0.29) is 40.9 Å². The quantitative estimate of drug-likeness (QED) is 0.103. The molecule has 0 saturated carbocycles. The molecule has 22 heteroatoms. The van der Waals surface area contributed by atoms with Crippen molar-refractivity contribution < 1.29 is 57.2 Å². The van der Waals surface area contributed by atoms with Gasteiger partial charge in [-0.15, -0.1) is 0 Å². The van der Waals surface area contributed by atoms with Crippen molar-refractivity contribution >= 4 is 47.8 Å². The summed E-state index contributed by atoms with van der Waals surface area (Å²) in [6.45, 7) is 7.45. The molecule has 5 fully saturated rings. The van der Waals surface area contributed by atoms with Crippen LogP contribution in [0.15, 0.2) is 97.1 Å². The van der Waals surface area contributed by atoms with Crippen molar-refractivity contribution in [3.05, 3.63) is 143 Å². The van der Waals surface area contributed by atoms with Crippen LogP contribution in [0.2, 0.25) is 0 Å². The third-order valence-electron chi connectivity index (χ3n) is 14.3. The number of sulfonamides is 3. The van der Waals surface area contributed by atoms with E-state index in [2.05, 4.69) is 16.0 Å². The molecule has 0 bridgehead atoms. The fraction of sp³-hybridized carbons (Fsp3) is 0.491. The average Bonchev–Trinajstić information content (AvgIpc) is 3.63. The van der Waals surface area contributed by atoms with Crippen LogP contribution in [0.5, 0.6) is 0 Å². The van der Waals surface area contributed by atoms with Gasteiger partial charge in [0.1, 0.15) is 40.3 Å². The lowest BCUT2D eigenvalue weighted by molar-refractivity contribution is -0.122. The van der Waals surface area contributed by atoms with Crippen molar-refractivity contribution in [1.82, 2.24) is 28.9 Å². The van der Waals surface area contributed by atoms with Crippen molar-refractivity contribution in [2.75, 3.05) is 70.1 Å². The number of ketones is 1. The fourth-order valence-electron chi connectivity index (χ4n) is 10.0. The number of halogens is 4. The van der Waals surface area contributed by atoms with Gasteiger partial charge in [0.25, 0.3) is 5.91 Å². The van der Waals surface area contributed by atoms with Gasteiger partial charge in [-0.25, -0.2) is 60.5 Å². The summed E-state index contributed by atoms with van der Waals surface area (Å²) in [7, 11) is -10.2. The summed E-state index contributed by atoms with van der Waals surface area (Å²) in [6.07, 6.45) is 7.84. The van der Waals surface area contributed by atoms with Gasteiger partial charge in [0.2, 0.25) is 30.1 Å².